The van der Waals surface area contributed by atoms with Crippen molar-refractivity contribution in [3.05, 3.63) is 33.5 Å². The number of nitrogen functional groups attached to an aromatic ring is 1. The Balaban J connectivity index is 2.22. The number of nitrogens with two attached hydrogens (primary N) is 1. The van der Waals surface area contributed by atoms with E-state index in [4.69, 9.17) is 22.3 Å². The monoisotopic (exact) mass is 367 g/mol. The quantitative estimate of drug-likeness (QED) is 0.793. The Morgan fingerprint density at radius 2 is 2.00 bits per heavy atom. The third-order valence-corrected chi connectivity index (χ3v) is 4.54. The average Bonchev–Trinajstić information content (AvgIpc) is 3.15. The predicted octanol–water partition coefficient (Wildman–Crippen LogP) is 5.18. The van der Waals surface area contributed by atoms with Gasteiger partial charge in [-0.25, -0.2) is 4.98 Å². The van der Waals surface area contributed by atoms with E-state index in [2.05, 4.69) is 41.3 Å². The van der Waals surface area contributed by atoms with Gasteiger partial charge in [-0.15, -0.1) is 0 Å². The van der Waals surface area contributed by atoms with Crippen molar-refractivity contribution in [3.8, 4) is 11.3 Å². The van der Waals surface area contributed by atoms with Gasteiger partial charge in [0, 0.05) is 21.5 Å². The van der Waals surface area contributed by atoms with Crippen LogP contribution in [-0.4, -0.2) is 9.55 Å². The number of benzene rings is 1. The number of nitrogens with zero attached hydrogens (tertiary/aromatic N) is 2. The Bertz CT molecular complexity index is 696. The van der Waals surface area contributed by atoms with Gasteiger partial charge in [0.15, 0.2) is 0 Å². The van der Waals surface area contributed by atoms with Crippen molar-refractivity contribution >= 4 is 33.3 Å². The molecule has 2 N–H and O–H groups in total. The van der Waals surface area contributed by atoms with Crippen LogP contribution in [0.1, 0.15) is 45.5 Å². The summed E-state index contributed by atoms with van der Waals surface area (Å²) in [5, 5.41) is 0.672. The zero-order chi connectivity index (χ0) is 15.4. The summed E-state index contributed by atoms with van der Waals surface area (Å²) in [5.74, 6) is 1.76. The molecule has 0 saturated heterocycles. The van der Waals surface area contributed by atoms with Gasteiger partial charge in [-0.05, 0) is 31.0 Å². The van der Waals surface area contributed by atoms with Gasteiger partial charge in [0.25, 0.3) is 0 Å². The number of hydrogen-bond donors (Lipinski definition) is 1. The van der Waals surface area contributed by atoms with Gasteiger partial charge < -0.3 is 10.3 Å². The molecule has 2 aromatic rings. The highest BCUT2D eigenvalue weighted by Gasteiger charge is 2.34. The van der Waals surface area contributed by atoms with E-state index < -0.39 is 0 Å². The molecule has 5 heteroatoms. The first-order valence-electron chi connectivity index (χ1n) is 7.12. The first-order chi connectivity index (χ1) is 9.79. The highest BCUT2D eigenvalue weighted by Crippen LogP contribution is 2.44. The second-order valence-electron chi connectivity index (χ2n) is 6.64. The Labute approximate surface area is 138 Å². The molecule has 1 saturated carbocycles. The Morgan fingerprint density at radius 1 is 1.33 bits per heavy atom. The van der Waals surface area contributed by atoms with E-state index in [1.807, 2.05) is 18.2 Å². The van der Waals surface area contributed by atoms with E-state index in [0.29, 0.717) is 11.1 Å². The number of rotatable bonds is 2. The minimum Gasteiger partial charge on any atom is -0.383 e. The average molecular weight is 369 g/mol. The van der Waals surface area contributed by atoms with Crippen molar-refractivity contribution < 1.29 is 0 Å². The molecule has 1 aromatic carbocycles. The zero-order valence-corrected chi connectivity index (χ0v) is 14.8. The van der Waals surface area contributed by atoms with Crippen LogP contribution in [0, 0.1) is 0 Å². The highest BCUT2D eigenvalue weighted by atomic mass is 79.9. The van der Waals surface area contributed by atoms with Crippen LogP contribution in [0.3, 0.4) is 0 Å². The van der Waals surface area contributed by atoms with Crippen LogP contribution < -0.4 is 5.73 Å². The fourth-order valence-electron chi connectivity index (χ4n) is 2.55. The molecule has 1 heterocycles. The fraction of sp³-hybridized carbons (Fsp3) is 0.438. The minimum absolute atomic E-state index is 0.0482. The second kappa shape index (κ2) is 5.03. The molecule has 0 unspecified atom stereocenters. The van der Waals surface area contributed by atoms with Gasteiger partial charge >= 0.3 is 0 Å². The van der Waals surface area contributed by atoms with Gasteiger partial charge in [-0.2, -0.15) is 0 Å². The number of imidazole rings is 1. The van der Waals surface area contributed by atoms with Gasteiger partial charge in [-0.3, -0.25) is 0 Å². The summed E-state index contributed by atoms with van der Waals surface area (Å²) >= 11 is 9.84. The number of halogens is 2. The third-order valence-electron chi connectivity index (χ3n) is 3.71. The van der Waals surface area contributed by atoms with Crippen LogP contribution >= 0.6 is 27.5 Å². The maximum atomic E-state index is 6.42. The lowest BCUT2D eigenvalue weighted by Crippen LogP contribution is -2.19. The van der Waals surface area contributed by atoms with Crippen LogP contribution in [0.15, 0.2) is 22.7 Å². The largest absolute Gasteiger partial charge is 0.383 e. The zero-order valence-electron chi connectivity index (χ0n) is 12.5. The van der Waals surface area contributed by atoms with E-state index in [9.17, 15) is 0 Å². The first-order valence-corrected chi connectivity index (χ1v) is 8.29. The molecule has 0 spiro atoms. The minimum atomic E-state index is -0.0482. The molecule has 3 nitrogen and oxygen atoms in total. The lowest BCUT2D eigenvalue weighted by molar-refractivity contribution is 0.504. The summed E-state index contributed by atoms with van der Waals surface area (Å²) in [4.78, 5) is 4.85. The maximum absolute atomic E-state index is 6.42. The van der Waals surface area contributed by atoms with Crippen LogP contribution in [0.2, 0.25) is 5.02 Å². The summed E-state index contributed by atoms with van der Waals surface area (Å²) in [5.41, 5.74) is 8.04. The molecule has 112 valence electrons. The number of aromatic nitrogens is 2. The molecule has 3 rings (SSSR count). The standard InChI is InChI=1S/C16H19BrClN3/c1-16(2,3)15-20-13(14(19)21(15)10-5-6-10)11-8-9(17)4-7-12(11)18/h4,7-8,10H,5-6,19H2,1-3H3. The van der Waals surface area contributed by atoms with Crippen molar-refractivity contribution in [1.29, 1.82) is 0 Å². The van der Waals surface area contributed by atoms with Crippen LogP contribution in [0.25, 0.3) is 11.3 Å². The third kappa shape index (κ3) is 2.71. The lowest BCUT2D eigenvalue weighted by Gasteiger charge is -2.20. The van der Waals surface area contributed by atoms with E-state index in [-0.39, 0.29) is 5.41 Å². The van der Waals surface area contributed by atoms with Gasteiger partial charge in [-0.1, -0.05) is 48.3 Å². The van der Waals surface area contributed by atoms with Crippen molar-refractivity contribution in [2.75, 3.05) is 5.73 Å². The van der Waals surface area contributed by atoms with Crippen molar-refractivity contribution in [1.82, 2.24) is 9.55 Å². The molecule has 0 amide bonds. The highest BCUT2D eigenvalue weighted by molar-refractivity contribution is 9.10. The van der Waals surface area contributed by atoms with Gasteiger partial charge in [0.05, 0.1) is 5.02 Å². The van der Waals surface area contributed by atoms with Gasteiger partial charge in [0.2, 0.25) is 0 Å². The number of hydrogen-bond acceptors (Lipinski definition) is 2. The van der Waals surface area contributed by atoms with E-state index in [1.54, 1.807) is 0 Å². The van der Waals surface area contributed by atoms with Crippen molar-refractivity contribution in [2.45, 2.75) is 45.1 Å². The molecule has 21 heavy (non-hydrogen) atoms. The molecular formula is C16H19BrClN3. The van der Waals surface area contributed by atoms with Crippen molar-refractivity contribution in [3.63, 3.8) is 0 Å². The maximum Gasteiger partial charge on any atom is 0.132 e. The van der Waals surface area contributed by atoms with Crippen molar-refractivity contribution in [2.24, 2.45) is 0 Å². The molecule has 1 aliphatic carbocycles. The Morgan fingerprint density at radius 3 is 2.57 bits per heavy atom. The Hall–Kier alpha value is -1.00. The van der Waals surface area contributed by atoms with E-state index >= 15 is 0 Å². The molecule has 1 fully saturated rings. The van der Waals surface area contributed by atoms with Gasteiger partial charge in [0.1, 0.15) is 17.3 Å². The molecule has 0 aliphatic heterocycles. The van der Waals surface area contributed by atoms with Crippen LogP contribution in [-0.2, 0) is 5.41 Å². The topological polar surface area (TPSA) is 43.8 Å². The molecule has 0 radical (unpaired) electrons. The van der Waals surface area contributed by atoms with E-state index in [1.165, 1.54) is 12.8 Å². The SMILES string of the molecule is CC(C)(C)c1nc(-c2cc(Br)ccc2Cl)c(N)n1C1CC1. The van der Waals surface area contributed by atoms with Crippen LogP contribution in [0.5, 0.6) is 0 Å². The summed E-state index contributed by atoms with van der Waals surface area (Å²) in [6.07, 6.45) is 2.35. The number of anilines is 1. The molecule has 1 aromatic heterocycles. The lowest BCUT2D eigenvalue weighted by atomic mass is 9.95. The summed E-state index contributed by atoms with van der Waals surface area (Å²) < 4.78 is 3.17. The van der Waals surface area contributed by atoms with E-state index in [0.717, 1.165) is 27.4 Å². The molecule has 0 bridgehead atoms. The smallest absolute Gasteiger partial charge is 0.132 e. The fourth-order valence-corrected chi connectivity index (χ4v) is 3.12. The molecular weight excluding hydrogens is 350 g/mol. The summed E-state index contributed by atoms with van der Waals surface area (Å²) in [6, 6.07) is 6.26. The second-order valence-corrected chi connectivity index (χ2v) is 7.97. The summed E-state index contributed by atoms with van der Waals surface area (Å²) in [7, 11) is 0. The predicted molar refractivity (Wildman–Crippen MR) is 91.8 cm³/mol. The first kappa shape index (κ1) is 14.9. The Kier molecular flexibility index (Phi) is 3.57. The normalized spacial score (nSPS) is 15.5. The summed E-state index contributed by atoms with van der Waals surface area (Å²) in [6.45, 7) is 6.50. The molecule has 1 aliphatic rings. The van der Waals surface area contributed by atoms with Crippen LogP contribution in [0.4, 0.5) is 5.82 Å². The molecule has 0 atom stereocenters.